The molecule has 1 N–H and O–H groups in total. The molecule has 31 heavy (non-hydrogen) atoms. The maximum absolute atomic E-state index is 13.5. The van der Waals surface area contributed by atoms with E-state index in [1.54, 1.807) is 15.9 Å². The summed E-state index contributed by atoms with van der Waals surface area (Å²) in [6.45, 7) is 5.45. The maximum Gasteiger partial charge on any atom is 0.263 e. The highest BCUT2D eigenvalue weighted by Gasteiger charge is 2.23. The summed E-state index contributed by atoms with van der Waals surface area (Å²) in [5, 5.41) is 4.66. The van der Waals surface area contributed by atoms with Gasteiger partial charge in [0.1, 0.15) is 4.83 Å². The van der Waals surface area contributed by atoms with Gasteiger partial charge in [-0.05, 0) is 44.6 Å². The number of nitrogens with zero attached hydrogens (tertiary/aromatic N) is 2. The number of fused-ring (bicyclic) bond motifs is 1. The van der Waals surface area contributed by atoms with Crippen molar-refractivity contribution in [3.05, 3.63) is 20.8 Å². The highest BCUT2D eigenvalue weighted by Crippen LogP contribution is 2.30. The average molecular weight is 464 g/mol. The lowest BCUT2D eigenvalue weighted by Crippen LogP contribution is -2.36. The molecule has 2 aromatic rings. The molecule has 4 rings (SSSR count). The predicted octanol–water partition coefficient (Wildman–Crippen LogP) is 4.44. The lowest BCUT2D eigenvalue weighted by atomic mass is 9.95. The van der Waals surface area contributed by atoms with Crippen molar-refractivity contribution >= 4 is 39.2 Å². The smallest absolute Gasteiger partial charge is 0.263 e. The number of thiophene rings is 1. The minimum absolute atomic E-state index is 0.0378. The van der Waals surface area contributed by atoms with Crippen LogP contribution in [-0.2, 0) is 22.5 Å². The molecule has 1 atom stereocenters. The number of carbonyl (C=O) groups is 1. The first kappa shape index (κ1) is 22.8. The maximum atomic E-state index is 13.5. The zero-order chi connectivity index (χ0) is 21.8. The van der Waals surface area contributed by atoms with Crippen LogP contribution in [0.15, 0.2) is 9.95 Å². The quantitative estimate of drug-likeness (QED) is 0.463. The Bertz CT molecular complexity index is 973. The number of amides is 1. The number of nitrogens with one attached hydrogen (secondary N) is 1. The van der Waals surface area contributed by atoms with Gasteiger partial charge < -0.3 is 10.1 Å². The molecule has 8 heteroatoms. The standard InChI is InChI=1S/C23H33N3O3S2/c1-3-18-15(2)31-21-20(18)22(28)26(14-17-10-7-12-29-17)23(25-21)30-13-11-19(27)24-16-8-5-4-6-9-16/h16-17H,3-14H2,1-2H3,(H,24,27)/t17-/m1/s1. The largest absolute Gasteiger partial charge is 0.376 e. The minimum atomic E-state index is 0.0378. The highest BCUT2D eigenvalue weighted by atomic mass is 32.2. The molecule has 6 nitrogen and oxygen atoms in total. The van der Waals surface area contributed by atoms with Crippen molar-refractivity contribution in [3.63, 3.8) is 0 Å². The van der Waals surface area contributed by atoms with Gasteiger partial charge in [-0.2, -0.15) is 0 Å². The fourth-order valence-corrected chi connectivity index (χ4v) is 6.80. The monoisotopic (exact) mass is 463 g/mol. The Morgan fingerprint density at radius 3 is 2.77 bits per heavy atom. The van der Waals surface area contributed by atoms with Gasteiger partial charge in [0.25, 0.3) is 5.56 Å². The van der Waals surface area contributed by atoms with Crippen LogP contribution < -0.4 is 10.9 Å². The van der Waals surface area contributed by atoms with Crippen LogP contribution in [0, 0.1) is 6.92 Å². The molecule has 1 saturated carbocycles. The number of ether oxygens (including phenoxy) is 1. The highest BCUT2D eigenvalue weighted by molar-refractivity contribution is 7.99. The first-order valence-electron chi connectivity index (χ1n) is 11.6. The lowest BCUT2D eigenvalue weighted by Gasteiger charge is -2.22. The molecular formula is C23H33N3O3S2. The Kier molecular flexibility index (Phi) is 7.72. The van der Waals surface area contributed by atoms with Crippen LogP contribution in [0.25, 0.3) is 10.2 Å². The van der Waals surface area contributed by atoms with Gasteiger partial charge in [0, 0.05) is 29.7 Å². The number of thioether (sulfide) groups is 1. The van der Waals surface area contributed by atoms with Gasteiger partial charge in [-0.1, -0.05) is 37.9 Å². The molecule has 1 aliphatic carbocycles. The fraction of sp³-hybridized carbons (Fsp3) is 0.696. The molecule has 2 aromatic heterocycles. The van der Waals surface area contributed by atoms with Crippen LogP contribution in [0.5, 0.6) is 0 Å². The van der Waals surface area contributed by atoms with E-state index in [2.05, 4.69) is 19.2 Å². The van der Waals surface area contributed by atoms with Crippen molar-refractivity contribution in [1.29, 1.82) is 0 Å². The average Bonchev–Trinajstić information content (AvgIpc) is 3.38. The number of hydrogen-bond donors (Lipinski definition) is 1. The normalized spacial score (nSPS) is 19.9. The van der Waals surface area contributed by atoms with Gasteiger partial charge >= 0.3 is 0 Å². The van der Waals surface area contributed by atoms with Crippen molar-refractivity contribution < 1.29 is 9.53 Å². The van der Waals surface area contributed by atoms with Gasteiger partial charge in [0.15, 0.2) is 5.16 Å². The lowest BCUT2D eigenvalue weighted by molar-refractivity contribution is -0.121. The van der Waals surface area contributed by atoms with Crippen LogP contribution >= 0.6 is 23.1 Å². The van der Waals surface area contributed by atoms with Crippen LogP contribution in [-0.4, -0.2) is 40.0 Å². The minimum Gasteiger partial charge on any atom is -0.376 e. The zero-order valence-corrected chi connectivity index (χ0v) is 20.2. The van der Waals surface area contributed by atoms with E-state index in [1.165, 1.54) is 35.9 Å². The number of hydrogen-bond acceptors (Lipinski definition) is 6. The van der Waals surface area contributed by atoms with E-state index >= 15 is 0 Å². The third kappa shape index (κ3) is 5.34. The molecule has 1 amide bonds. The van der Waals surface area contributed by atoms with Crippen molar-refractivity contribution in [2.24, 2.45) is 0 Å². The molecule has 0 aromatic carbocycles. The van der Waals surface area contributed by atoms with E-state index in [0.717, 1.165) is 54.5 Å². The molecule has 0 bridgehead atoms. The number of carbonyl (C=O) groups excluding carboxylic acids is 1. The molecule has 170 valence electrons. The molecule has 2 fully saturated rings. The predicted molar refractivity (Wildman–Crippen MR) is 127 cm³/mol. The van der Waals surface area contributed by atoms with Gasteiger partial charge in [0.05, 0.1) is 18.0 Å². The molecule has 3 heterocycles. The molecule has 0 unspecified atom stereocenters. The molecular weight excluding hydrogens is 430 g/mol. The van der Waals surface area contributed by atoms with Crippen LogP contribution in [0.3, 0.4) is 0 Å². The molecule has 1 saturated heterocycles. The molecule has 1 aliphatic heterocycles. The zero-order valence-electron chi connectivity index (χ0n) is 18.6. The van der Waals surface area contributed by atoms with Crippen molar-refractivity contribution in [1.82, 2.24) is 14.9 Å². The third-order valence-corrected chi connectivity index (χ3v) is 8.39. The van der Waals surface area contributed by atoms with E-state index in [-0.39, 0.29) is 17.6 Å². The summed E-state index contributed by atoms with van der Waals surface area (Å²) < 4.78 is 7.61. The first-order chi connectivity index (χ1) is 15.1. The summed E-state index contributed by atoms with van der Waals surface area (Å²) in [6.07, 6.45) is 9.23. The molecule has 0 radical (unpaired) electrons. The molecule has 0 spiro atoms. The van der Waals surface area contributed by atoms with Gasteiger partial charge in [-0.25, -0.2) is 4.98 Å². The van der Waals surface area contributed by atoms with E-state index in [4.69, 9.17) is 9.72 Å². The fourth-order valence-electron chi connectivity index (χ4n) is 4.70. The summed E-state index contributed by atoms with van der Waals surface area (Å²) >= 11 is 3.11. The summed E-state index contributed by atoms with van der Waals surface area (Å²) in [5.41, 5.74) is 1.15. The van der Waals surface area contributed by atoms with Gasteiger partial charge in [-0.3, -0.25) is 14.2 Å². The topological polar surface area (TPSA) is 73.2 Å². The Labute approximate surface area is 192 Å². The van der Waals surface area contributed by atoms with E-state index < -0.39 is 0 Å². The summed E-state index contributed by atoms with van der Waals surface area (Å²) in [7, 11) is 0. The first-order valence-corrected chi connectivity index (χ1v) is 13.4. The van der Waals surface area contributed by atoms with Crippen molar-refractivity contribution in [2.45, 2.75) is 95.5 Å². The van der Waals surface area contributed by atoms with Gasteiger partial charge in [-0.15, -0.1) is 11.3 Å². The van der Waals surface area contributed by atoms with Crippen molar-refractivity contribution in [3.8, 4) is 0 Å². The van der Waals surface area contributed by atoms with Crippen molar-refractivity contribution in [2.75, 3.05) is 12.4 Å². The van der Waals surface area contributed by atoms with Crippen LogP contribution in [0.2, 0.25) is 0 Å². The number of aromatic nitrogens is 2. The van der Waals surface area contributed by atoms with Gasteiger partial charge in [0.2, 0.25) is 5.91 Å². The third-order valence-electron chi connectivity index (χ3n) is 6.37. The number of aryl methyl sites for hydroxylation is 2. The Hall–Kier alpha value is -1.38. The Balaban J connectivity index is 1.50. The summed E-state index contributed by atoms with van der Waals surface area (Å²) in [6, 6.07) is 0.333. The molecule has 2 aliphatic rings. The SMILES string of the molecule is CCc1c(C)sc2nc(SCCC(=O)NC3CCCCC3)n(C[C@H]3CCCO3)c(=O)c12. The second kappa shape index (κ2) is 10.5. The second-order valence-corrected chi connectivity index (χ2v) is 10.9. The Morgan fingerprint density at radius 1 is 1.26 bits per heavy atom. The summed E-state index contributed by atoms with van der Waals surface area (Å²) in [5.74, 6) is 0.723. The Morgan fingerprint density at radius 2 is 2.06 bits per heavy atom. The van der Waals surface area contributed by atoms with E-state index in [1.807, 2.05) is 0 Å². The number of rotatable bonds is 8. The summed E-state index contributed by atoms with van der Waals surface area (Å²) in [4.78, 5) is 32.7. The van der Waals surface area contributed by atoms with E-state index in [9.17, 15) is 9.59 Å². The van der Waals surface area contributed by atoms with Crippen LogP contribution in [0.1, 0.15) is 68.7 Å². The van der Waals surface area contributed by atoms with Crippen LogP contribution in [0.4, 0.5) is 0 Å². The van der Waals surface area contributed by atoms with E-state index in [0.29, 0.717) is 29.9 Å². The second-order valence-electron chi connectivity index (χ2n) is 8.62.